The van der Waals surface area contributed by atoms with Gasteiger partial charge in [-0.15, -0.1) is 0 Å². The van der Waals surface area contributed by atoms with Gasteiger partial charge in [-0.1, -0.05) is 13.0 Å². The fraction of sp³-hybridized carbons (Fsp3) is 0.500. The minimum Gasteiger partial charge on any atom is -0.506 e. The summed E-state index contributed by atoms with van der Waals surface area (Å²) in [5, 5.41) is 15.8. The topological polar surface area (TPSA) is 61.4 Å². The van der Waals surface area contributed by atoms with Crippen molar-refractivity contribution >= 4 is 11.6 Å². The van der Waals surface area contributed by atoms with Crippen molar-refractivity contribution < 1.29 is 9.90 Å². The van der Waals surface area contributed by atoms with Crippen LogP contribution in [0, 0.1) is 0 Å². The van der Waals surface area contributed by atoms with Crippen LogP contribution in [0.1, 0.15) is 32.3 Å². The highest BCUT2D eigenvalue weighted by Crippen LogP contribution is 2.27. The van der Waals surface area contributed by atoms with Crippen molar-refractivity contribution in [3.63, 3.8) is 0 Å². The minimum atomic E-state index is -0.519. The second-order valence-electron chi connectivity index (χ2n) is 5.02. The van der Waals surface area contributed by atoms with Gasteiger partial charge in [-0.2, -0.15) is 0 Å². The summed E-state index contributed by atoms with van der Waals surface area (Å²) >= 11 is 0. The van der Waals surface area contributed by atoms with Crippen molar-refractivity contribution in [2.75, 3.05) is 11.9 Å². The Hall–Kier alpha value is -1.55. The first kappa shape index (κ1) is 12.9. The van der Waals surface area contributed by atoms with Crippen molar-refractivity contribution in [2.24, 2.45) is 0 Å². The van der Waals surface area contributed by atoms with Gasteiger partial charge in [-0.25, -0.2) is 0 Å². The largest absolute Gasteiger partial charge is 0.506 e. The molecule has 0 aromatic heterocycles. The molecule has 18 heavy (non-hydrogen) atoms. The molecule has 0 bridgehead atoms. The molecule has 1 aromatic rings. The highest BCUT2D eigenvalue weighted by Gasteiger charge is 2.36. The maximum Gasteiger partial charge on any atom is 0.244 e. The quantitative estimate of drug-likeness (QED) is 0.717. The molecule has 1 aliphatic rings. The Morgan fingerprint density at radius 2 is 2.33 bits per heavy atom. The zero-order valence-corrected chi connectivity index (χ0v) is 10.9. The van der Waals surface area contributed by atoms with Gasteiger partial charge in [0.1, 0.15) is 5.75 Å². The smallest absolute Gasteiger partial charge is 0.244 e. The minimum absolute atomic E-state index is 0.0800. The van der Waals surface area contributed by atoms with E-state index in [2.05, 4.69) is 10.6 Å². The molecule has 1 saturated heterocycles. The van der Waals surface area contributed by atoms with E-state index >= 15 is 0 Å². The first-order valence-corrected chi connectivity index (χ1v) is 6.43. The Morgan fingerprint density at radius 3 is 2.94 bits per heavy atom. The Morgan fingerprint density at radius 1 is 1.56 bits per heavy atom. The predicted molar refractivity (Wildman–Crippen MR) is 71.8 cm³/mol. The van der Waals surface area contributed by atoms with E-state index in [1.807, 2.05) is 26.0 Å². The lowest BCUT2D eigenvalue weighted by Gasteiger charge is -2.23. The number of rotatable bonds is 3. The molecule has 98 valence electrons. The number of amides is 1. The van der Waals surface area contributed by atoms with Gasteiger partial charge in [-0.05, 0) is 50.4 Å². The first-order valence-electron chi connectivity index (χ1n) is 6.43. The standard InChI is InChI=1S/C14H20N2O2/c1-3-10-5-6-12(17)11(9-10)16-13(18)14(2)7-4-8-15-14/h5-6,9,15,17H,3-4,7-8H2,1-2H3,(H,16,18). The summed E-state index contributed by atoms with van der Waals surface area (Å²) in [6.45, 7) is 4.80. The molecule has 1 atom stereocenters. The van der Waals surface area contributed by atoms with Crippen molar-refractivity contribution in [3.05, 3.63) is 23.8 Å². The van der Waals surface area contributed by atoms with Crippen LogP contribution in [0.4, 0.5) is 5.69 Å². The van der Waals surface area contributed by atoms with E-state index < -0.39 is 5.54 Å². The summed E-state index contributed by atoms with van der Waals surface area (Å²) in [6.07, 6.45) is 2.70. The van der Waals surface area contributed by atoms with Gasteiger partial charge < -0.3 is 15.7 Å². The SMILES string of the molecule is CCc1ccc(O)c(NC(=O)C2(C)CCCN2)c1. The zero-order valence-electron chi connectivity index (χ0n) is 10.9. The van der Waals surface area contributed by atoms with Crippen LogP contribution in [0.2, 0.25) is 0 Å². The molecule has 1 fully saturated rings. The van der Waals surface area contributed by atoms with Gasteiger partial charge >= 0.3 is 0 Å². The summed E-state index contributed by atoms with van der Waals surface area (Å²) in [7, 11) is 0. The molecule has 2 rings (SSSR count). The summed E-state index contributed by atoms with van der Waals surface area (Å²) in [4.78, 5) is 12.2. The number of benzene rings is 1. The van der Waals surface area contributed by atoms with Gasteiger partial charge in [0.05, 0.1) is 11.2 Å². The van der Waals surface area contributed by atoms with E-state index in [1.54, 1.807) is 6.07 Å². The van der Waals surface area contributed by atoms with Crippen molar-refractivity contribution in [2.45, 2.75) is 38.6 Å². The number of aryl methyl sites for hydroxylation is 1. The van der Waals surface area contributed by atoms with Crippen LogP contribution in [-0.4, -0.2) is 23.1 Å². The molecule has 0 saturated carbocycles. The Balaban J connectivity index is 2.16. The molecule has 1 aromatic carbocycles. The molecular formula is C14H20N2O2. The molecule has 0 radical (unpaired) electrons. The van der Waals surface area contributed by atoms with Crippen molar-refractivity contribution in [3.8, 4) is 5.75 Å². The Kier molecular flexibility index (Phi) is 3.57. The van der Waals surface area contributed by atoms with Crippen LogP contribution in [-0.2, 0) is 11.2 Å². The highest BCUT2D eigenvalue weighted by molar-refractivity contribution is 5.99. The van der Waals surface area contributed by atoms with E-state index in [-0.39, 0.29) is 11.7 Å². The Bertz CT molecular complexity index is 451. The van der Waals surface area contributed by atoms with Crippen LogP contribution in [0.5, 0.6) is 5.75 Å². The van der Waals surface area contributed by atoms with E-state index in [1.165, 1.54) is 0 Å². The third-order valence-electron chi connectivity index (χ3n) is 3.59. The van der Waals surface area contributed by atoms with Crippen LogP contribution >= 0.6 is 0 Å². The number of carbonyl (C=O) groups is 1. The predicted octanol–water partition coefficient (Wildman–Crippen LogP) is 2.04. The molecule has 0 aliphatic carbocycles. The maximum absolute atomic E-state index is 12.2. The molecule has 1 amide bonds. The second kappa shape index (κ2) is 4.98. The lowest BCUT2D eigenvalue weighted by atomic mass is 9.99. The third-order valence-corrected chi connectivity index (χ3v) is 3.59. The molecular weight excluding hydrogens is 228 g/mol. The fourth-order valence-corrected chi connectivity index (χ4v) is 2.25. The number of phenolic OH excluding ortho intramolecular Hbond substituents is 1. The number of carbonyl (C=O) groups excluding carboxylic acids is 1. The monoisotopic (exact) mass is 248 g/mol. The molecule has 1 heterocycles. The first-order chi connectivity index (χ1) is 8.55. The number of anilines is 1. The van der Waals surface area contributed by atoms with Gasteiger partial charge in [0, 0.05) is 0 Å². The zero-order chi connectivity index (χ0) is 13.2. The summed E-state index contributed by atoms with van der Waals surface area (Å²) in [5.74, 6) is 0.0331. The van der Waals surface area contributed by atoms with Gasteiger partial charge in [-0.3, -0.25) is 4.79 Å². The molecule has 1 aliphatic heterocycles. The number of phenols is 1. The number of nitrogens with one attached hydrogen (secondary N) is 2. The molecule has 3 N–H and O–H groups in total. The maximum atomic E-state index is 12.2. The average Bonchev–Trinajstić information content (AvgIpc) is 2.80. The number of hydrogen-bond donors (Lipinski definition) is 3. The van der Waals surface area contributed by atoms with E-state index in [0.717, 1.165) is 31.4 Å². The molecule has 1 unspecified atom stereocenters. The van der Waals surface area contributed by atoms with Crippen molar-refractivity contribution in [1.82, 2.24) is 5.32 Å². The summed E-state index contributed by atoms with van der Waals surface area (Å²) in [6, 6.07) is 5.31. The fourth-order valence-electron chi connectivity index (χ4n) is 2.25. The van der Waals surface area contributed by atoms with E-state index in [9.17, 15) is 9.90 Å². The second-order valence-corrected chi connectivity index (χ2v) is 5.02. The van der Waals surface area contributed by atoms with Crippen LogP contribution in [0.3, 0.4) is 0 Å². The van der Waals surface area contributed by atoms with Gasteiger partial charge in [0.15, 0.2) is 0 Å². The number of hydrogen-bond acceptors (Lipinski definition) is 3. The van der Waals surface area contributed by atoms with Gasteiger partial charge in [0.25, 0.3) is 0 Å². The molecule has 4 nitrogen and oxygen atoms in total. The van der Waals surface area contributed by atoms with E-state index in [4.69, 9.17) is 0 Å². The average molecular weight is 248 g/mol. The lowest BCUT2D eigenvalue weighted by Crippen LogP contribution is -2.47. The van der Waals surface area contributed by atoms with Crippen LogP contribution in [0.25, 0.3) is 0 Å². The van der Waals surface area contributed by atoms with Crippen LogP contribution in [0.15, 0.2) is 18.2 Å². The normalized spacial score (nSPS) is 23.0. The van der Waals surface area contributed by atoms with Crippen LogP contribution < -0.4 is 10.6 Å². The summed E-state index contributed by atoms with van der Waals surface area (Å²) in [5.41, 5.74) is 1.07. The van der Waals surface area contributed by atoms with Crippen molar-refractivity contribution in [1.29, 1.82) is 0 Å². The summed E-state index contributed by atoms with van der Waals surface area (Å²) < 4.78 is 0. The van der Waals surface area contributed by atoms with E-state index in [0.29, 0.717) is 5.69 Å². The number of aromatic hydroxyl groups is 1. The van der Waals surface area contributed by atoms with Gasteiger partial charge in [0.2, 0.25) is 5.91 Å². The molecule has 0 spiro atoms. The molecule has 4 heteroatoms. The highest BCUT2D eigenvalue weighted by atomic mass is 16.3. The lowest BCUT2D eigenvalue weighted by molar-refractivity contribution is -0.121. The Labute approximate surface area is 107 Å². The third kappa shape index (κ3) is 2.48.